The summed E-state index contributed by atoms with van der Waals surface area (Å²) in [6.07, 6.45) is 1.43. The average molecular weight is 367 g/mol. The van der Waals surface area contributed by atoms with E-state index in [0.717, 1.165) is 11.0 Å². The Morgan fingerprint density at radius 1 is 1.35 bits per heavy atom. The highest BCUT2D eigenvalue weighted by Crippen LogP contribution is 2.26. The molecule has 0 fully saturated rings. The van der Waals surface area contributed by atoms with Crippen LogP contribution in [0.5, 0.6) is 0 Å². The van der Waals surface area contributed by atoms with Crippen LogP contribution in [0.1, 0.15) is 6.92 Å². The standard InChI is InChI=1S/C15H12Cl2N4OS/c1-8(14(22)21-13-10(17)6-9(16)7-18-13)23-15-19-11-4-2-3-5-12(11)20-15/h2-8H,1H3,(H,19,20)(H,18,21,22)/t8-/m0/s1. The van der Waals surface area contributed by atoms with Crippen molar-refractivity contribution in [2.75, 3.05) is 5.32 Å². The summed E-state index contributed by atoms with van der Waals surface area (Å²) < 4.78 is 0. The molecule has 5 nitrogen and oxygen atoms in total. The smallest absolute Gasteiger partial charge is 0.238 e. The van der Waals surface area contributed by atoms with Gasteiger partial charge in [-0.3, -0.25) is 4.79 Å². The van der Waals surface area contributed by atoms with Gasteiger partial charge in [0.2, 0.25) is 5.91 Å². The molecule has 0 aliphatic heterocycles. The van der Waals surface area contributed by atoms with Crippen molar-refractivity contribution in [1.29, 1.82) is 0 Å². The summed E-state index contributed by atoms with van der Waals surface area (Å²) in [6, 6.07) is 9.23. The van der Waals surface area contributed by atoms with Crippen LogP contribution < -0.4 is 5.32 Å². The van der Waals surface area contributed by atoms with E-state index in [2.05, 4.69) is 20.3 Å². The zero-order valence-corrected chi connectivity index (χ0v) is 14.3. The lowest BCUT2D eigenvalue weighted by atomic mass is 10.3. The van der Waals surface area contributed by atoms with Crippen LogP contribution in [-0.4, -0.2) is 26.1 Å². The molecule has 0 aliphatic rings. The first-order valence-corrected chi connectivity index (χ1v) is 8.40. The van der Waals surface area contributed by atoms with Gasteiger partial charge in [0, 0.05) is 6.20 Å². The fraction of sp³-hybridized carbons (Fsp3) is 0.133. The van der Waals surface area contributed by atoms with Gasteiger partial charge in [0.15, 0.2) is 11.0 Å². The third-order valence-electron chi connectivity index (χ3n) is 3.07. The largest absolute Gasteiger partial charge is 0.333 e. The lowest BCUT2D eigenvalue weighted by Gasteiger charge is -2.11. The number of aromatic amines is 1. The number of carbonyl (C=O) groups excluding carboxylic acids is 1. The van der Waals surface area contributed by atoms with E-state index >= 15 is 0 Å². The van der Waals surface area contributed by atoms with E-state index in [9.17, 15) is 4.79 Å². The summed E-state index contributed by atoms with van der Waals surface area (Å²) in [4.78, 5) is 23.9. The molecule has 2 N–H and O–H groups in total. The maximum atomic E-state index is 12.3. The van der Waals surface area contributed by atoms with Gasteiger partial charge >= 0.3 is 0 Å². The van der Waals surface area contributed by atoms with E-state index in [1.807, 2.05) is 24.3 Å². The molecule has 2 aromatic heterocycles. The predicted octanol–water partition coefficient (Wildman–Crippen LogP) is 4.38. The van der Waals surface area contributed by atoms with Crippen molar-refractivity contribution in [1.82, 2.24) is 15.0 Å². The van der Waals surface area contributed by atoms with Gasteiger partial charge in [0.1, 0.15) is 0 Å². The van der Waals surface area contributed by atoms with Crippen LogP contribution in [0.2, 0.25) is 10.0 Å². The van der Waals surface area contributed by atoms with Gasteiger partial charge in [0.05, 0.1) is 26.3 Å². The number of aromatic nitrogens is 3. The van der Waals surface area contributed by atoms with Crippen LogP contribution in [0.15, 0.2) is 41.7 Å². The molecule has 0 bridgehead atoms. The SMILES string of the molecule is C[C@H](Sc1nc2ccccc2[nH]1)C(=O)Nc1ncc(Cl)cc1Cl. The monoisotopic (exact) mass is 366 g/mol. The number of pyridine rings is 1. The molecule has 118 valence electrons. The van der Waals surface area contributed by atoms with Gasteiger partial charge in [-0.25, -0.2) is 9.97 Å². The number of imidazole rings is 1. The molecule has 0 spiro atoms. The first-order valence-electron chi connectivity index (χ1n) is 6.76. The van der Waals surface area contributed by atoms with E-state index in [4.69, 9.17) is 23.2 Å². The molecule has 2 heterocycles. The molecule has 0 saturated heterocycles. The molecule has 1 aromatic carbocycles. The molecule has 0 saturated carbocycles. The molecule has 8 heteroatoms. The number of hydrogen-bond acceptors (Lipinski definition) is 4. The zero-order valence-electron chi connectivity index (χ0n) is 12.0. The number of hydrogen-bond donors (Lipinski definition) is 2. The van der Waals surface area contributed by atoms with Gasteiger partial charge in [-0.1, -0.05) is 47.1 Å². The Bertz CT molecular complexity index is 835. The molecule has 3 aromatic rings. The van der Waals surface area contributed by atoms with Crippen molar-refractivity contribution in [3.05, 3.63) is 46.6 Å². The molecule has 0 unspecified atom stereocenters. The summed E-state index contributed by atoms with van der Waals surface area (Å²) in [7, 11) is 0. The molecular formula is C15H12Cl2N4OS. The van der Waals surface area contributed by atoms with Crippen LogP contribution in [0, 0.1) is 0 Å². The molecule has 3 rings (SSSR count). The van der Waals surface area contributed by atoms with Crippen LogP contribution in [0.4, 0.5) is 5.82 Å². The van der Waals surface area contributed by atoms with E-state index in [-0.39, 0.29) is 17.0 Å². The minimum Gasteiger partial charge on any atom is -0.333 e. The molecule has 0 radical (unpaired) electrons. The predicted molar refractivity (Wildman–Crippen MR) is 94.3 cm³/mol. The van der Waals surface area contributed by atoms with E-state index in [1.165, 1.54) is 24.0 Å². The highest BCUT2D eigenvalue weighted by Gasteiger charge is 2.18. The molecule has 0 aliphatic carbocycles. The number of para-hydroxylation sites is 2. The van der Waals surface area contributed by atoms with Gasteiger partial charge in [-0.05, 0) is 25.1 Å². The number of carbonyl (C=O) groups is 1. The number of thioether (sulfide) groups is 1. The van der Waals surface area contributed by atoms with Gasteiger partial charge in [0.25, 0.3) is 0 Å². The Balaban J connectivity index is 1.69. The van der Waals surface area contributed by atoms with E-state index in [1.54, 1.807) is 6.92 Å². The van der Waals surface area contributed by atoms with Crippen LogP contribution in [0.25, 0.3) is 11.0 Å². The molecular weight excluding hydrogens is 355 g/mol. The van der Waals surface area contributed by atoms with E-state index in [0.29, 0.717) is 15.2 Å². The number of rotatable bonds is 4. The van der Waals surface area contributed by atoms with Gasteiger partial charge in [-0.2, -0.15) is 0 Å². The van der Waals surface area contributed by atoms with Crippen molar-refractivity contribution in [3.63, 3.8) is 0 Å². The van der Waals surface area contributed by atoms with Crippen LogP contribution in [0.3, 0.4) is 0 Å². The highest BCUT2D eigenvalue weighted by atomic mass is 35.5. The quantitative estimate of drug-likeness (QED) is 0.672. The molecule has 23 heavy (non-hydrogen) atoms. The number of fused-ring (bicyclic) bond motifs is 1. The second kappa shape index (κ2) is 6.78. The van der Waals surface area contributed by atoms with Crippen molar-refractivity contribution in [2.24, 2.45) is 0 Å². The Kier molecular flexibility index (Phi) is 4.75. The van der Waals surface area contributed by atoms with Gasteiger partial charge in [-0.15, -0.1) is 0 Å². The lowest BCUT2D eigenvalue weighted by Crippen LogP contribution is -2.23. The van der Waals surface area contributed by atoms with Crippen LogP contribution >= 0.6 is 35.0 Å². The number of amides is 1. The first-order chi connectivity index (χ1) is 11.0. The van der Waals surface area contributed by atoms with Crippen molar-refractivity contribution >= 4 is 57.7 Å². The van der Waals surface area contributed by atoms with Crippen LogP contribution in [-0.2, 0) is 4.79 Å². The second-order valence-electron chi connectivity index (χ2n) is 4.79. The minimum atomic E-state index is -0.371. The summed E-state index contributed by atoms with van der Waals surface area (Å²) in [5.74, 6) is 0.0744. The summed E-state index contributed by atoms with van der Waals surface area (Å²) in [5.41, 5.74) is 1.80. The maximum Gasteiger partial charge on any atom is 0.238 e. The normalized spacial score (nSPS) is 12.3. The molecule has 1 atom stereocenters. The number of nitrogens with one attached hydrogen (secondary N) is 2. The third-order valence-corrected chi connectivity index (χ3v) is 4.55. The summed E-state index contributed by atoms with van der Waals surface area (Å²) in [6.45, 7) is 1.79. The summed E-state index contributed by atoms with van der Waals surface area (Å²) >= 11 is 13.1. The average Bonchev–Trinajstić information content (AvgIpc) is 2.92. The highest BCUT2D eigenvalue weighted by molar-refractivity contribution is 8.00. The fourth-order valence-electron chi connectivity index (χ4n) is 1.93. The molecule has 1 amide bonds. The van der Waals surface area contributed by atoms with Gasteiger partial charge < -0.3 is 10.3 Å². The van der Waals surface area contributed by atoms with Crippen molar-refractivity contribution in [3.8, 4) is 0 Å². The summed E-state index contributed by atoms with van der Waals surface area (Å²) in [5, 5.41) is 3.71. The number of benzene rings is 1. The Labute approximate surface area is 146 Å². The van der Waals surface area contributed by atoms with Crippen molar-refractivity contribution < 1.29 is 4.79 Å². The number of anilines is 1. The first kappa shape index (κ1) is 16.1. The Hall–Kier alpha value is -1.76. The lowest BCUT2D eigenvalue weighted by molar-refractivity contribution is -0.115. The third kappa shape index (κ3) is 3.77. The Morgan fingerprint density at radius 3 is 2.87 bits per heavy atom. The Morgan fingerprint density at radius 2 is 2.13 bits per heavy atom. The number of nitrogens with zero attached hydrogens (tertiary/aromatic N) is 2. The topological polar surface area (TPSA) is 70.7 Å². The maximum absolute atomic E-state index is 12.3. The second-order valence-corrected chi connectivity index (χ2v) is 6.97. The van der Waals surface area contributed by atoms with Crippen molar-refractivity contribution in [2.45, 2.75) is 17.3 Å². The fourth-order valence-corrected chi connectivity index (χ4v) is 3.18. The zero-order chi connectivity index (χ0) is 16.4. The number of H-pyrrole nitrogens is 1. The number of halogens is 2. The minimum absolute atomic E-state index is 0.216. The van der Waals surface area contributed by atoms with E-state index < -0.39 is 0 Å².